The van der Waals surface area contributed by atoms with Gasteiger partial charge in [0.1, 0.15) is 52.4 Å². The van der Waals surface area contributed by atoms with E-state index < -0.39 is 74.6 Å². The lowest BCUT2D eigenvalue weighted by molar-refractivity contribution is -0.373. The number of fused-ring (bicyclic) bond motifs is 7. The molecule has 21 atom stereocenters. The predicted octanol–water partition coefficient (Wildman–Crippen LogP) is 1.76. The summed E-state index contributed by atoms with van der Waals surface area (Å²) in [5.41, 5.74) is 1.54. The van der Waals surface area contributed by atoms with Crippen molar-refractivity contribution in [2.24, 2.45) is 46.3 Å². The van der Waals surface area contributed by atoms with Crippen molar-refractivity contribution in [2.45, 2.75) is 162 Å². The summed E-state index contributed by atoms with van der Waals surface area (Å²) in [6.07, 6.45) is -4.80. The number of halogens is 1. The van der Waals surface area contributed by atoms with E-state index >= 15 is 0 Å². The molecule has 3 aliphatic heterocycles. The standard InChI is InChI=1S/C39H63IO13/c1-18(15-41)7-12-39(40)19(2)28-25(53-39)14-24-22-6-5-20-13-21(8-10-37(20,3)23(22)9-11-38(24,28)4)49-36-34(32(47)30(45)27(17-43)51-36)52-35-33(48)31(46)29(44)26(16-42)50-35/h18,20-36,41-48H,2,5-17H2,1,3-4H3/t18?,20?,21?,22?,23?,24?,25?,26?,27?,28-,29?,30?,31?,32?,33?,34?,35?,36?,37-,38-,39?/m0/s1. The molecule has 7 aliphatic rings. The number of aliphatic hydroxyl groups excluding tert-OH is 8. The molecule has 0 aromatic heterocycles. The fourth-order valence-corrected chi connectivity index (χ4v) is 13.2. The van der Waals surface area contributed by atoms with Gasteiger partial charge in [0.05, 0.1) is 25.4 Å². The number of aliphatic hydroxyl groups is 8. The van der Waals surface area contributed by atoms with Crippen LogP contribution in [0.25, 0.3) is 0 Å². The maximum atomic E-state index is 11.1. The maximum Gasteiger partial charge on any atom is 0.187 e. The van der Waals surface area contributed by atoms with Gasteiger partial charge in [0.25, 0.3) is 0 Å². The second-order valence-electron chi connectivity index (χ2n) is 18.2. The Morgan fingerprint density at radius 3 is 2.13 bits per heavy atom. The fraction of sp³-hybridized carbons (Fsp3) is 0.949. The zero-order valence-corrected chi connectivity index (χ0v) is 33.4. The van der Waals surface area contributed by atoms with Crippen LogP contribution in [0.3, 0.4) is 0 Å². The van der Waals surface area contributed by atoms with E-state index in [2.05, 4.69) is 49.9 Å². The highest BCUT2D eigenvalue weighted by molar-refractivity contribution is 14.1. The van der Waals surface area contributed by atoms with Crippen LogP contribution < -0.4 is 0 Å². The third-order valence-electron chi connectivity index (χ3n) is 15.4. The Balaban J connectivity index is 1.02. The van der Waals surface area contributed by atoms with Crippen LogP contribution >= 0.6 is 22.6 Å². The van der Waals surface area contributed by atoms with Crippen molar-refractivity contribution in [3.05, 3.63) is 12.2 Å². The minimum Gasteiger partial charge on any atom is -0.396 e. The lowest BCUT2D eigenvalue weighted by Gasteiger charge is -2.61. The van der Waals surface area contributed by atoms with Crippen LogP contribution in [-0.2, 0) is 23.7 Å². The van der Waals surface area contributed by atoms with Crippen molar-refractivity contribution in [3.8, 4) is 0 Å². The Labute approximate surface area is 326 Å². The van der Waals surface area contributed by atoms with Gasteiger partial charge in [0.15, 0.2) is 12.6 Å². The molecular weight excluding hydrogens is 803 g/mol. The second-order valence-corrected chi connectivity index (χ2v) is 19.9. The number of ether oxygens (including phenoxy) is 5. The zero-order chi connectivity index (χ0) is 38.2. The molecule has 0 aromatic carbocycles. The minimum absolute atomic E-state index is 0.135. The molecule has 7 fully saturated rings. The van der Waals surface area contributed by atoms with Gasteiger partial charge >= 0.3 is 0 Å². The minimum atomic E-state index is -1.72. The molecule has 0 bridgehead atoms. The van der Waals surface area contributed by atoms with Crippen LogP contribution in [0.5, 0.6) is 0 Å². The van der Waals surface area contributed by atoms with E-state index in [0.717, 1.165) is 57.8 Å². The summed E-state index contributed by atoms with van der Waals surface area (Å²) >= 11 is 2.49. The van der Waals surface area contributed by atoms with Gasteiger partial charge in [0, 0.05) is 12.5 Å². The van der Waals surface area contributed by atoms with E-state index in [1.54, 1.807) is 0 Å². The molecular formula is C39H63IO13. The Kier molecular flexibility index (Phi) is 12.1. The first-order valence-electron chi connectivity index (χ1n) is 20.0. The van der Waals surface area contributed by atoms with Gasteiger partial charge in [-0.25, -0.2) is 0 Å². The van der Waals surface area contributed by atoms with Crippen LogP contribution in [-0.4, -0.2) is 138 Å². The molecule has 4 aliphatic carbocycles. The maximum absolute atomic E-state index is 11.1. The van der Waals surface area contributed by atoms with Crippen LogP contribution in [0.1, 0.15) is 85.0 Å². The molecule has 4 saturated carbocycles. The smallest absolute Gasteiger partial charge is 0.187 e. The third kappa shape index (κ3) is 7.01. The topological polar surface area (TPSA) is 208 Å². The van der Waals surface area contributed by atoms with Gasteiger partial charge < -0.3 is 64.5 Å². The Hall–Kier alpha value is -0.0500. The first-order valence-corrected chi connectivity index (χ1v) is 21.1. The van der Waals surface area contributed by atoms with Gasteiger partial charge in [-0.3, -0.25) is 0 Å². The summed E-state index contributed by atoms with van der Waals surface area (Å²) in [4.78, 5) is 0. The average Bonchev–Trinajstić information content (AvgIpc) is 3.58. The van der Waals surface area contributed by atoms with Gasteiger partial charge in [0.2, 0.25) is 0 Å². The van der Waals surface area contributed by atoms with Crippen molar-refractivity contribution in [3.63, 3.8) is 0 Å². The highest BCUT2D eigenvalue weighted by Gasteiger charge is 2.67. The molecule has 0 spiro atoms. The van der Waals surface area contributed by atoms with Crippen molar-refractivity contribution < 1.29 is 64.5 Å². The molecule has 304 valence electrons. The summed E-state index contributed by atoms with van der Waals surface area (Å²) in [7, 11) is 0. The molecule has 0 radical (unpaired) electrons. The van der Waals surface area contributed by atoms with Crippen LogP contribution in [0.2, 0.25) is 0 Å². The summed E-state index contributed by atoms with van der Waals surface area (Å²) in [5, 5.41) is 82.3. The van der Waals surface area contributed by atoms with E-state index in [1.807, 2.05) is 0 Å². The summed E-state index contributed by atoms with van der Waals surface area (Å²) in [5.74, 6) is 2.80. The van der Waals surface area contributed by atoms with Gasteiger partial charge in [-0.05, 0) is 133 Å². The molecule has 3 saturated heterocycles. The summed E-state index contributed by atoms with van der Waals surface area (Å²) < 4.78 is 30.5. The first-order chi connectivity index (χ1) is 25.1. The van der Waals surface area contributed by atoms with Gasteiger partial charge in [-0.1, -0.05) is 27.4 Å². The highest BCUT2D eigenvalue weighted by Crippen LogP contribution is 2.71. The van der Waals surface area contributed by atoms with E-state index in [9.17, 15) is 40.9 Å². The van der Waals surface area contributed by atoms with E-state index in [4.69, 9.17) is 23.7 Å². The molecule has 0 amide bonds. The van der Waals surface area contributed by atoms with Crippen molar-refractivity contribution in [1.82, 2.24) is 0 Å². The van der Waals surface area contributed by atoms with Crippen molar-refractivity contribution in [2.75, 3.05) is 19.8 Å². The van der Waals surface area contributed by atoms with Crippen LogP contribution in [0.15, 0.2) is 12.2 Å². The molecule has 13 nitrogen and oxygen atoms in total. The number of hydrogen-bond donors (Lipinski definition) is 8. The summed E-state index contributed by atoms with van der Waals surface area (Å²) in [6.45, 7) is 10.7. The molecule has 8 N–H and O–H groups in total. The number of hydrogen-bond acceptors (Lipinski definition) is 13. The molecule has 14 heteroatoms. The van der Waals surface area contributed by atoms with E-state index in [1.165, 1.54) is 12.0 Å². The summed E-state index contributed by atoms with van der Waals surface area (Å²) in [6, 6.07) is 0. The van der Waals surface area contributed by atoms with Crippen LogP contribution in [0.4, 0.5) is 0 Å². The number of alkyl halides is 1. The van der Waals surface area contributed by atoms with E-state index in [-0.39, 0.29) is 39.2 Å². The Morgan fingerprint density at radius 2 is 1.45 bits per heavy atom. The molecule has 53 heavy (non-hydrogen) atoms. The second kappa shape index (κ2) is 15.6. The van der Waals surface area contributed by atoms with Gasteiger partial charge in [-0.2, -0.15) is 0 Å². The molecule has 3 heterocycles. The lowest BCUT2D eigenvalue weighted by Crippen LogP contribution is -2.65. The zero-order valence-electron chi connectivity index (χ0n) is 31.3. The van der Waals surface area contributed by atoms with Crippen molar-refractivity contribution >= 4 is 22.6 Å². The quantitative estimate of drug-likeness (QED) is 0.0683. The van der Waals surface area contributed by atoms with E-state index in [0.29, 0.717) is 29.6 Å². The Morgan fingerprint density at radius 1 is 0.792 bits per heavy atom. The van der Waals surface area contributed by atoms with Crippen LogP contribution in [0, 0.1) is 46.3 Å². The number of rotatable bonds is 10. The average molecular weight is 867 g/mol. The normalized spacial score (nSPS) is 54.5. The lowest BCUT2D eigenvalue weighted by atomic mass is 9.44. The first kappa shape index (κ1) is 41.1. The molecule has 7 rings (SSSR count). The molecule has 18 unspecified atom stereocenters. The third-order valence-corrected chi connectivity index (χ3v) is 16.9. The van der Waals surface area contributed by atoms with Crippen molar-refractivity contribution in [1.29, 1.82) is 0 Å². The Bertz CT molecular complexity index is 1310. The largest absolute Gasteiger partial charge is 0.396 e. The SMILES string of the molecule is C=C1[C@H]2C(CC3C4CCC5CC(OC6OC(CO)C(O)C(O)C6OC6OC(CO)C(O)C(O)C6O)CC[C@]5(C)C4CC[C@@]32C)OC1(I)CCC(C)CO. The molecule has 0 aromatic rings. The van der Waals surface area contributed by atoms with Gasteiger partial charge in [-0.15, -0.1) is 0 Å². The fourth-order valence-electron chi connectivity index (χ4n) is 12.2. The monoisotopic (exact) mass is 866 g/mol. The predicted molar refractivity (Wildman–Crippen MR) is 198 cm³/mol. The highest BCUT2D eigenvalue weighted by atomic mass is 127.